The third-order valence-electron chi connectivity index (χ3n) is 8.64. The first-order chi connectivity index (χ1) is 24.6. The maximum Gasteiger partial charge on any atom is 0.345 e. The highest BCUT2D eigenvalue weighted by Gasteiger charge is 2.40. The molecule has 11 nitrogen and oxygen atoms in total. The zero-order valence-corrected chi connectivity index (χ0v) is 28.2. The Morgan fingerprint density at radius 2 is 1.65 bits per heavy atom. The summed E-state index contributed by atoms with van der Waals surface area (Å²) in [5.74, 6) is -1.23. The maximum absolute atomic E-state index is 13.1. The van der Waals surface area contributed by atoms with Gasteiger partial charge in [0.15, 0.2) is 0 Å². The molecule has 6 rings (SSSR count). The van der Waals surface area contributed by atoms with Crippen LogP contribution < -0.4 is 20.9 Å². The zero-order chi connectivity index (χ0) is 36.1. The number of thiophene rings is 1. The van der Waals surface area contributed by atoms with Crippen molar-refractivity contribution in [3.05, 3.63) is 152 Å². The van der Waals surface area contributed by atoms with Crippen molar-refractivity contribution in [2.24, 2.45) is 0 Å². The van der Waals surface area contributed by atoms with Crippen molar-refractivity contribution in [2.75, 3.05) is 13.7 Å². The third kappa shape index (κ3) is 7.39. The molecule has 0 aliphatic rings. The SMILES string of the molecule is COc1cc(C(=O)NCc2ccc(-c3ccc([C@](O)(C(=O)O)c4ccccc4)cc3)s2)ccc1CNC[C@H](O)c1ccc(O)c2[nH]c(=O)ccc12. The van der Waals surface area contributed by atoms with Gasteiger partial charge in [0.2, 0.25) is 11.2 Å². The first-order valence-corrected chi connectivity index (χ1v) is 16.8. The van der Waals surface area contributed by atoms with Crippen LogP contribution >= 0.6 is 11.3 Å². The van der Waals surface area contributed by atoms with Gasteiger partial charge in [-0.1, -0.05) is 66.7 Å². The lowest BCUT2D eigenvalue weighted by molar-refractivity contribution is -0.155. The topological polar surface area (TPSA) is 181 Å². The molecule has 0 aliphatic heterocycles. The van der Waals surface area contributed by atoms with Crippen LogP contribution in [-0.2, 0) is 23.5 Å². The number of carbonyl (C=O) groups excluding carboxylic acids is 1. The lowest BCUT2D eigenvalue weighted by Crippen LogP contribution is -2.36. The first kappa shape index (κ1) is 35.1. The Bertz CT molecular complexity index is 2250. The molecule has 4 aromatic carbocycles. The first-order valence-electron chi connectivity index (χ1n) is 16.0. The van der Waals surface area contributed by atoms with Gasteiger partial charge in [-0.05, 0) is 58.7 Å². The van der Waals surface area contributed by atoms with Gasteiger partial charge < -0.3 is 40.8 Å². The molecule has 2 aromatic heterocycles. The van der Waals surface area contributed by atoms with E-state index in [-0.39, 0.29) is 46.9 Å². The molecule has 0 unspecified atom stereocenters. The number of amides is 1. The van der Waals surface area contributed by atoms with Crippen LogP contribution in [0, 0.1) is 0 Å². The van der Waals surface area contributed by atoms with E-state index in [9.17, 15) is 34.8 Å². The van der Waals surface area contributed by atoms with Crippen LogP contribution in [-0.4, -0.2) is 50.9 Å². The number of aliphatic carboxylic acids is 1. The molecule has 0 saturated heterocycles. The number of hydrogen-bond acceptors (Lipinski definition) is 9. The number of carbonyl (C=O) groups is 2. The monoisotopic (exact) mass is 705 g/mol. The molecule has 12 heteroatoms. The number of aliphatic hydroxyl groups excluding tert-OH is 1. The Hall–Kier alpha value is -5.79. The average Bonchev–Trinajstić information content (AvgIpc) is 3.63. The van der Waals surface area contributed by atoms with E-state index in [1.165, 1.54) is 30.6 Å². The Morgan fingerprint density at radius 1 is 0.902 bits per heavy atom. The average molecular weight is 706 g/mol. The van der Waals surface area contributed by atoms with Crippen LogP contribution in [0.3, 0.4) is 0 Å². The fourth-order valence-electron chi connectivity index (χ4n) is 5.90. The number of rotatable bonds is 13. The van der Waals surface area contributed by atoms with Crippen LogP contribution in [0.5, 0.6) is 11.5 Å². The number of pyridine rings is 1. The smallest absolute Gasteiger partial charge is 0.345 e. The lowest BCUT2D eigenvalue weighted by Gasteiger charge is -2.24. The van der Waals surface area contributed by atoms with Gasteiger partial charge in [0, 0.05) is 45.4 Å². The van der Waals surface area contributed by atoms with Gasteiger partial charge in [0.05, 0.1) is 25.3 Å². The number of phenolic OH excluding ortho intramolecular Hbond substituents is 1. The van der Waals surface area contributed by atoms with Gasteiger partial charge in [-0.15, -0.1) is 11.3 Å². The number of fused-ring (bicyclic) bond motifs is 1. The summed E-state index contributed by atoms with van der Waals surface area (Å²) >= 11 is 1.49. The van der Waals surface area contributed by atoms with Crippen LogP contribution in [0.2, 0.25) is 0 Å². The predicted octanol–water partition coefficient (Wildman–Crippen LogP) is 5.04. The summed E-state index contributed by atoms with van der Waals surface area (Å²) in [6, 6.07) is 29.9. The molecule has 0 fully saturated rings. The molecule has 51 heavy (non-hydrogen) atoms. The number of phenols is 1. The summed E-state index contributed by atoms with van der Waals surface area (Å²) in [5.41, 5.74) is 0.816. The molecular formula is C39H35N3O8S. The third-order valence-corrected chi connectivity index (χ3v) is 9.78. The van der Waals surface area contributed by atoms with E-state index in [4.69, 9.17) is 4.74 Å². The van der Waals surface area contributed by atoms with Gasteiger partial charge in [-0.3, -0.25) is 9.59 Å². The van der Waals surface area contributed by atoms with E-state index in [0.29, 0.717) is 28.8 Å². The second kappa shape index (κ2) is 15.0. The van der Waals surface area contributed by atoms with Crippen molar-refractivity contribution >= 4 is 34.1 Å². The van der Waals surface area contributed by atoms with Crippen LogP contribution in [0.15, 0.2) is 114 Å². The van der Waals surface area contributed by atoms with E-state index in [2.05, 4.69) is 15.6 Å². The molecule has 0 bridgehead atoms. The molecular weight excluding hydrogens is 671 g/mol. The molecule has 0 saturated carbocycles. The number of ether oxygens (including phenoxy) is 1. The Balaban J connectivity index is 1.05. The highest BCUT2D eigenvalue weighted by Crippen LogP contribution is 2.34. The molecule has 0 aliphatic carbocycles. The van der Waals surface area contributed by atoms with Crippen molar-refractivity contribution in [1.29, 1.82) is 0 Å². The Morgan fingerprint density at radius 3 is 2.37 bits per heavy atom. The highest BCUT2D eigenvalue weighted by molar-refractivity contribution is 7.15. The largest absolute Gasteiger partial charge is 0.506 e. The fourth-order valence-corrected chi connectivity index (χ4v) is 6.85. The van der Waals surface area contributed by atoms with Gasteiger partial charge in [-0.2, -0.15) is 0 Å². The van der Waals surface area contributed by atoms with Crippen LogP contribution in [0.1, 0.15) is 43.6 Å². The number of aromatic nitrogens is 1. The number of carboxylic acid groups (broad SMARTS) is 1. The van der Waals surface area contributed by atoms with Crippen molar-refractivity contribution in [3.63, 3.8) is 0 Å². The number of aromatic hydroxyl groups is 1. The number of H-pyrrole nitrogens is 1. The summed E-state index contributed by atoms with van der Waals surface area (Å²) < 4.78 is 5.55. The molecule has 1 amide bonds. The number of aliphatic hydroxyl groups is 2. The van der Waals surface area contributed by atoms with E-state index in [0.717, 1.165) is 20.9 Å². The van der Waals surface area contributed by atoms with Gasteiger partial charge in [0.1, 0.15) is 11.5 Å². The molecule has 0 radical (unpaired) electrons. The summed E-state index contributed by atoms with van der Waals surface area (Å²) in [6.45, 7) is 0.809. The fraction of sp³-hybridized carbons (Fsp3) is 0.154. The predicted molar refractivity (Wildman–Crippen MR) is 194 cm³/mol. The van der Waals surface area contributed by atoms with Crippen LogP contribution in [0.25, 0.3) is 21.3 Å². The summed E-state index contributed by atoms with van der Waals surface area (Å²) in [4.78, 5) is 41.3. The number of carboxylic acids is 1. The van der Waals surface area contributed by atoms with Crippen molar-refractivity contribution < 1.29 is 34.8 Å². The highest BCUT2D eigenvalue weighted by atomic mass is 32.1. The second-order valence-corrected chi connectivity index (χ2v) is 13.0. The summed E-state index contributed by atoms with van der Waals surface area (Å²) in [7, 11) is 1.52. The zero-order valence-electron chi connectivity index (χ0n) is 27.4. The number of benzene rings is 4. The number of aromatic amines is 1. The number of hydrogen-bond donors (Lipinski definition) is 7. The quantitative estimate of drug-likeness (QED) is 0.0866. The standard InChI is InChI=1S/C39H35N3O8S/c1-50-33-19-24(7-8-25(33)20-40-22-32(44)29-14-16-31(43)36-30(29)15-18-35(45)42-36)37(46)41-21-28-13-17-34(51-28)23-9-11-27(12-10-23)39(49,38(47)48)26-5-3-2-4-6-26/h2-19,32,40,43-44,49H,20-22H2,1H3,(H,41,46)(H,42,45)(H,47,48)/t32-,39-/m0/s1. The Labute approximate surface area is 296 Å². The van der Waals surface area contributed by atoms with Crippen LogP contribution in [0.4, 0.5) is 0 Å². The Kier molecular flexibility index (Phi) is 10.3. The number of nitrogens with one attached hydrogen (secondary N) is 3. The van der Waals surface area contributed by atoms with Crippen molar-refractivity contribution in [3.8, 4) is 21.9 Å². The van der Waals surface area contributed by atoms with E-state index in [1.54, 1.807) is 84.9 Å². The minimum Gasteiger partial charge on any atom is -0.506 e. The molecule has 0 spiro atoms. The molecule has 6 aromatic rings. The van der Waals surface area contributed by atoms with Gasteiger partial charge in [-0.25, -0.2) is 4.79 Å². The molecule has 7 N–H and O–H groups in total. The van der Waals surface area contributed by atoms with Crippen molar-refractivity contribution in [1.82, 2.24) is 15.6 Å². The maximum atomic E-state index is 13.1. The lowest BCUT2D eigenvalue weighted by atomic mass is 9.86. The van der Waals surface area contributed by atoms with E-state index >= 15 is 0 Å². The van der Waals surface area contributed by atoms with E-state index < -0.39 is 17.7 Å². The van der Waals surface area contributed by atoms with Gasteiger partial charge in [0.25, 0.3) is 5.91 Å². The minimum atomic E-state index is -2.18. The normalized spacial score (nSPS) is 13.0. The van der Waals surface area contributed by atoms with E-state index in [1.807, 2.05) is 12.1 Å². The minimum absolute atomic E-state index is 0.0816. The molecule has 2 atom stereocenters. The molecule has 2 heterocycles. The summed E-state index contributed by atoms with van der Waals surface area (Å²) in [5, 5.41) is 48.7. The summed E-state index contributed by atoms with van der Waals surface area (Å²) in [6.07, 6.45) is -0.927. The van der Waals surface area contributed by atoms with Crippen molar-refractivity contribution in [2.45, 2.75) is 24.8 Å². The second-order valence-electron chi connectivity index (χ2n) is 11.9. The molecule has 260 valence electrons. The van der Waals surface area contributed by atoms with Gasteiger partial charge >= 0.3 is 5.97 Å². The number of methoxy groups -OCH3 is 1.